The van der Waals surface area contributed by atoms with Gasteiger partial charge in [-0.25, -0.2) is 4.39 Å². The summed E-state index contributed by atoms with van der Waals surface area (Å²) in [6, 6.07) is 9.12. The summed E-state index contributed by atoms with van der Waals surface area (Å²) in [5.41, 5.74) is 1.70. The topological polar surface area (TPSA) is 49.8 Å². The first-order chi connectivity index (χ1) is 12.9. The molecule has 0 radical (unpaired) electrons. The molecule has 138 valence electrons. The van der Waals surface area contributed by atoms with E-state index in [0.29, 0.717) is 38.2 Å². The first-order valence-corrected chi connectivity index (χ1v) is 9.21. The number of amides is 1. The average molecular weight is 401 g/mol. The van der Waals surface area contributed by atoms with Gasteiger partial charge in [0.25, 0.3) is 5.91 Å². The average Bonchev–Trinajstić information content (AvgIpc) is 2.91. The number of rotatable bonds is 5. The minimum atomic E-state index is -0.442. The van der Waals surface area contributed by atoms with Crippen molar-refractivity contribution >= 4 is 46.0 Å². The molecule has 0 spiro atoms. The summed E-state index contributed by atoms with van der Waals surface area (Å²) < 4.78 is 19.0. The van der Waals surface area contributed by atoms with Crippen LogP contribution < -0.4 is 9.64 Å². The van der Waals surface area contributed by atoms with E-state index in [-0.39, 0.29) is 11.7 Å². The van der Waals surface area contributed by atoms with Crippen molar-refractivity contribution in [1.82, 2.24) is 0 Å². The predicted molar refractivity (Wildman–Crippen MR) is 111 cm³/mol. The summed E-state index contributed by atoms with van der Waals surface area (Å²) in [6.45, 7) is 3.68. The highest BCUT2D eigenvalue weighted by atomic mass is 32.2. The van der Waals surface area contributed by atoms with Gasteiger partial charge in [0, 0.05) is 5.56 Å². The molecule has 1 N–H and O–H groups in total. The highest BCUT2D eigenvalue weighted by Crippen LogP contribution is 2.38. The Balaban J connectivity index is 1.98. The number of nitrogens with zero attached hydrogens (tertiary/aromatic N) is 1. The second-order valence-electron chi connectivity index (χ2n) is 5.72. The van der Waals surface area contributed by atoms with Gasteiger partial charge in [-0.15, -0.1) is 6.58 Å². The summed E-state index contributed by atoms with van der Waals surface area (Å²) >= 11 is 6.44. The number of methoxy groups -OCH3 is 1. The van der Waals surface area contributed by atoms with Gasteiger partial charge < -0.3 is 9.84 Å². The number of carbonyl (C=O) groups excluding carboxylic acids is 1. The van der Waals surface area contributed by atoms with E-state index in [1.165, 1.54) is 30.2 Å². The molecule has 0 saturated carbocycles. The van der Waals surface area contributed by atoms with Gasteiger partial charge in [0.2, 0.25) is 0 Å². The fourth-order valence-electron chi connectivity index (χ4n) is 2.70. The van der Waals surface area contributed by atoms with Crippen LogP contribution >= 0.6 is 24.0 Å². The molecule has 2 aromatic carbocycles. The molecule has 1 heterocycles. The van der Waals surface area contributed by atoms with E-state index < -0.39 is 5.82 Å². The number of halogens is 1. The third kappa shape index (κ3) is 3.89. The summed E-state index contributed by atoms with van der Waals surface area (Å²) in [6.07, 6.45) is 3.79. The zero-order chi connectivity index (χ0) is 19.6. The quantitative estimate of drug-likeness (QED) is 0.448. The number of benzene rings is 2. The monoisotopic (exact) mass is 401 g/mol. The number of thioether (sulfide) groups is 1. The zero-order valence-electron chi connectivity index (χ0n) is 14.4. The molecule has 0 aliphatic carbocycles. The number of allylic oxidation sites excluding steroid dienone is 1. The number of ether oxygens (including phenoxy) is 1. The number of phenolic OH excluding ortho intramolecular Hbond substituents is 1. The molecule has 0 unspecified atom stereocenters. The molecule has 1 aliphatic heterocycles. The maximum atomic E-state index is 13.5. The maximum absolute atomic E-state index is 13.5. The number of thiocarbonyl (C=S) groups is 1. The Hall–Kier alpha value is -2.64. The van der Waals surface area contributed by atoms with E-state index in [1.807, 2.05) is 0 Å². The highest BCUT2D eigenvalue weighted by molar-refractivity contribution is 8.27. The number of carbonyl (C=O) groups is 1. The molecule has 0 bridgehead atoms. The molecule has 2 aromatic rings. The van der Waals surface area contributed by atoms with Crippen molar-refractivity contribution in [2.24, 2.45) is 0 Å². The SMILES string of the molecule is C=CCc1cc(/C=C2\SC(=S)N(c3cccc(F)c3)C2=O)cc(OC)c1O. The minimum Gasteiger partial charge on any atom is -0.504 e. The lowest BCUT2D eigenvalue weighted by atomic mass is 10.1. The molecular weight excluding hydrogens is 385 g/mol. The van der Waals surface area contributed by atoms with Crippen LogP contribution in [0.2, 0.25) is 0 Å². The van der Waals surface area contributed by atoms with Gasteiger partial charge in [0.15, 0.2) is 15.8 Å². The molecular formula is C20H16FNO3S2. The Morgan fingerprint density at radius 1 is 1.37 bits per heavy atom. The normalized spacial score (nSPS) is 15.5. The van der Waals surface area contributed by atoms with E-state index in [2.05, 4.69) is 6.58 Å². The van der Waals surface area contributed by atoms with Crippen molar-refractivity contribution in [2.45, 2.75) is 6.42 Å². The van der Waals surface area contributed by atoms with Gasteiger partial charge >= 0.3 is 0 Å². The second-order valence-corrected chi connectivity index (χ2v) is 7.40. The largest absolute Gasteiger partial charge is 0.504 e. The lowest BCUT2D eigenvalue weighted by Crippen LogP contribution is -2.27. The summed E-state index contributed by atoms with van der Waals surface area (Å²) in [4.78, 5) is 14.5. The van der Waals surface area contributed by atoms with Crippen molar-refractivity contribution in [3.05, 3.63) is 70.9 Å². The summed E-state index contributed by atoms with van der Waals surface area (Å²) in [7, 11) is 1.46. The molecule has 1 saturated heterocycles. The van der Waals surface area contributed by atoms with Gasteiger partial charge in [-0.3, -0.25) is 9.69 Å². The van der Waals surface area contributed by atoms with Crippen LogP contribution in [-0.4, -0.2) is 22.4 Å². The van der Waals surface area contributed by atoms with Crippen LogP contribution in [0.15, 0.2) is 54.0 Å². The Morgan fingerprint density at radius 2 is 2.15 bits per heavy atom. The van der Waals surface area contributed by atoms with E-state index >= 15 is 0 Å². The highest BCUT2D eigenvalue weighted by Gasteiger charge is 2.33. The van der Waals surface area contributed by atoms with Gasteiger partial charge in [0.05, 0.1) is 17.7 Å². The molecule has 0 atom stereocenters. The van der Waals surface area contributed by atoms with Crippen LogP contribution in [0.3, 0.4) is 0 Å². The van der Waals surface area contributed by atoms with Crippen molar-refractivity contribution in [3.8, 4) is 11.5 Å². The lowest BCUT2D eigenvalue weighted by molar-refractivity contribution is -0.113. The van der Waals surface area contributed by atoms with E-state index in [4.69, 9.17) is 17.0 Å². The van der Waals surface area contributed by atoms with Gasteiger partial charge in [0.1, 0.15) is 5.82 Å². The van der Waals surface area contributed by atoms with Crippen LogP contribution in [0.4, 0.5) is 10.1 Å². The van der Waals surface area contributed by atoms with Gasteiger partial charge in [-0.05, 0) is 48.4 Å². The number of anilines is 1. The molecule has 1 amide bonds. The first kappa shape index (κ1) is 19.1. The molecule has 27 heavy (non-hydrogen) atoms. The van der Waals surface area contributed by atoms with Crippen LogP contribution in [0.5, 0.6) is 11.5 Å². The predicted octanol–water partition coefficient (Wildman–Crippen LogP) is 4.67. The second kappa shape index (κ2) is 7.94. The Labute approximate surface area is 165 Å². The Morgan fingerprint density at radius 3 is 2.81 bits per heavy atom. The number of hydrogen-bond acceptors (Lipinski definition) is 5. The van der Waals surface area contributed by atoms with Crippen LogP contribution in [-0.2, 0) is 11.2 Å². The van der Waals surface area contributed by atoms with Crippen LogP contribution in [0.25, 0.3) is 6.08 Å². The first-order valence-electron chi connectivity index (χ1n) is 7.99. The molecule has 1 aliphatic rings. The van der Waals surface area contributed by atoms with Crippen LogP contribution in [0, 0.1) is 5.82 Å². The standard InChI is InChI=1S/C20H16FNO3S2/c1-3-5-13-8-12(9-16(25-2)18(13)23)10-17-19(24)22(20(26)27-17)15-7-4-6-14(21)11-15/h3-4,6-11,23H,1,5H2,2H3/b17-10-. The smallest absolute Gasteiger partial charge is 0.270 e. The fraction of sp³-hybridized carbons (Fsp3) is 0.100. The maximum Gasteiger partial charge on any atom is 0.270 e. The molecule has 1 fully saturated rings. The van der Waals surface area contributed by atoms with Crippen molar-refractivity contribution in [1.29, 1.82) is 0 Å². The molecule has 3 rings (SSSR count). The molecule has 4 nitrogen and oxygen atoms in total. The van der Waals surface area contributed by atoms with Crippen molar-refractivity contribution in [3.63, 3.8) is 0 Å². The number of aromatic hydroxyl groups is 1. The number of phenols is 1. The zero-order valence-corrected chi connectivity index (χ0v) is 16.1. The summed E-state index contributed by atoms with van der Waals surface area (Å²) in [5.74, 6) is -0.418. The van der Waals surface area contributed by atoms with Gasteiger partial charge in [-0.2, -0.15) is 0 Å². The van der Waals surface area contributed by atoms with E-state index in [0.717, 1.165) is 11.8 Å². The third-order valence-electron chi connectivity index (χ3n) is 3.92. The summed E-state index contributed by atoms with van der Waals surface area (Å²) in [5, 5.41) is 10.2. The minimum absolute atomic E-state index is 0.0434. The number of hydrogen-bond donors (Lipinski definition) is 1. The van der Waals surface area contributed by atoms with Crippen molar-refractivity contribution in [2.75, 3.05) is 12.0 Å². The van der Waals surface area contributed by atoms with Crippen LogP contribution in [0.1, 0.15) is 11.1 Å². The third-order valence-corrected chi connectivity index (χ3v) is 5.22. The van der Waals surface area contributed by atoms with E-state index in [9.17, 15) is 14.3 Å². The van der Waals surface area contributed by atoms with Gasteiger partial charge in [-0.1, -0.05) is 36.1 Å². The Bertz CT molecular complexity index is 972. The fourth-order valence-corrected chi connectivity index (χ4v) is 4.00. The lowest BCUT2D eigenvalue weighted by Gasteiger charge is -2.14. The van der Waals surface area contributed by atoms with Crippen molar-refractivity contribution < 1.29 is 19.0 Å². The Kier molecular flexibility index (Phi) is 5.62. The van der Waals surface area contributed by atoms with E-state index in [1.54, 1.807) is 30.4 Å². The molecule has 7 heteroatoms. The molecule has 0 aromatic heterocycles.